The molecule has 0 aromatic heterocycles. The highest BCUT2D eigenvalue weighted by atomic mass is 16.7. The van der Waals surface area contributed by atoms with Gasteiger partial charge in [-0.3, -0.25) is 9.63 Å². The predicted octanol–water partition coefficient (Wildman–Crippen LogP) is 3.25. The number of hydrogen-bond donors (Lipinski definition) is 1. The van der Waals surface area contributed by atoms with E-state index in [1.807, 2.05) is 38.0 Å². The van der Waals surface area contributed by atoms with E-state index in [-0.39, 0.29) is 5.91 Å². The van der Waals surface area contributed by atoms with Crippen molar-refractivity contribution in [2.75, 3.05) is 27.3 Å². The highest BCUT2D eigenvalue weighted by molar-refractivity contribution is 6.24. The van der Waals surface area contributed by atoms with E-state index >= 15 is 0 Å². The molecule has 30 heavy (non-hydrogen) atoms. The van der Waals surface area contributed by atoms with Gasteiger partial charge in [-0.1, -0.05) is 17.7 Å². The van der Waals surface area contributed by atoms with Gasteiger partial charge < -0.3 is 14.7 Å². The first-order valence-electron chi connectivity index (χ1n) is 10.1. The van der Waals surface area contributed by atoms with Crippen molar-refractivity contribution in [3.63, 3.8) is 0 Å². The summed E-state index contributed by atoms with van der Waals surface area (Å²) >= 11 is 0. The normalized spacial score (nSPS) is 20.2. The molecule has 8 nitrogen and oxygen atoms in total. The highest BCUT2D eigenvalue weighted by Gasteiger charge is 2.56. The molecule has 1 unspecified atom stereocenters. The number of carboxylic acid groups (broad SMARTS) is 1. The number of rotatable bonds is 5. The van der Waals surface area contributed by atoms with Crippen molar-refractivity contribution in [1.29, 1.82) is 0 Å². The third kappa shape index (κ3) is 3.59. The van der Waals surface area contributed by atoms with Crippen LogP contribution >= 0.6 is 0 Å². The maximum Gasteiger partial charge on any atom is 0.506 e. The van der Waals surface area contributed by atoms with Crippen molar-refractivity contribution in [2.24, 2.45) is 0 Å². The fourth-order valence-electron chi connectivity index (χ4n) is 5.13. The molecule has 1 aromatic carbocycles. The van der Waals surface area contributed by atoms with E-state index in [2.05, 4.69) is 0 Å². The van der Waals surface area contributed by atoms with E-state index in [0.717, 1.165) is 22.3 Å². The molecule has 2 heterocycles. The molecule has 1 fully saturated rings. The zero-order valence-corrected chi connectivity index (χ0v) is 18.4. The molecule has 1 aromatic rings. The summed E-state index contributed by atoms with van der Waals surface area (Å²) in [6.07, 6.45) is -1.11. The van der Waals surface area contributed by atoms with Crippen LogP contribution in [0.3, 0.4) is 0 Å². The molecule has 1 amide bonds. The molecule has 8 heteroatoms. The summed E-state index contributed by atoms with van der Waals surface area (Å²) < 4.78 is 5.19. The Bertz CT molecular complexity index is 863. The van der Waals surface area contributed by atoms with Crippen LogP contribution in [0.4, 0.5) is 4.79 Å². The molecule has 2 aliphatic rings. The van der Waals surface area contributed by atoms with Crippen molar-refractivity contribution in [3.05, 3.63) is 40.0 Å². The van der Waals surface area contributed by atoms with Gasteiger partial charge in [-0.15, -0.1) is 0 Å². The van der Waals surface area contributed by atoms with Crippen molar-refractivity contribution < 1.29 is 29.1 Å². The number of nitrogens with zero attached hydrogens (tertiary/aromatic N) is 2. The Hall–Kier alpha value is -2.42. The van der Waals surface area contributed by atoms with E-state index in [1.54, 1.807) is 14.0 Å². The average Bonchev–Trinajstić information content (AvgIpc) is 2.89. The molecule has 1 saturated heterocycles. The minimum Gasteiger partial charge on any atom is -0.450 e. The number of carbonyl (C=O) groups is 2. The lowest BCUT2D eigenvalue weighted by Crippen LogP contribution is -2.55. The predicted molar refractivity (Wildman–Crippen MR) is 111 cm³/mol. The maximum absolute atomic E-state index is 13.6. The van der Waals surface area contributed by atoms with Crippen LogP contribution in [0.1, 0.15) is 42.0 Å². The Balaban J connectivity index is 2.26. The third-order valence-corrected chi connectivity index (χ3v) is 6.16. The van der Waals surface area contributed by atoms with Crippen LogP contribution in [0.15, 0.2) is 17.7 Å². The zero-order valence-electron chi connectivity index (χ0n) is 18.4. The summed E-state index contributed by atoms with van der Waals surface area (Å²) in [5.74, 6) is -0.269. The number of ether oxygens (including phenoxy) is 1. The summed E-state index contributed by atoms with van der Waals surface area (Å²) in [6, 6.07) is 4.05. The molecule has 1 spiro atoms. The van der Waals surface area contributed by atoms with Gasteiger partial charge in [-0.05, 0) is 57.2 Å². The van der Waals surface area contributed by atoms with E-state index in [4.69, 9.17) is 14.4 Å². The van der Waals surface area contributed by atoms with Crippen LogP contribution in [-0.4, -0.2) is 66.2 Å². The van der Waals surface area contributed by atoms with Crippen molar-refractivity contribution in [1.82, 2.24) is 10.1 Å². The maximum atomic E-state index is 13.6. The molecule has 164 valence electrons. The first-order chi connectivity index (χ1) is 14.2. The number of piperidine rings is 1. The van der Waals surface area contributed by atoms with Crippen molar-refractivity contribution in [3.8, 4) is 0 Å². The Kier molecular flexibility index (Phi) is 6.21. The molecule has 1 atom stereocenters. The van der Waals surface area contributed by atoms with Gasteiger partial charge in [0.1, 0.15) is 6.10 Å². The molecule has 1 N–H and O–H groups in total. The van der Waals surface area contributed by atoms with Crippen LogP contribution in [0, 0.1) is 20.8 Å². The SMILES string of the molecule is CON1CCC2(CC1)C(C(C)OC(=O)O)=C(c1c(C)cc(C)cc1C)C(=O)N2OC. The minimum absolute atomic E-state index is 0.269. The Morgan fingerprint density at radius 2 is 1.67 bits per heavy atom. The molecule has 2 aliphatic heterocycles. The monoisotopic (exact) mass is 418 g/mol. The molecule has 0 radical (unpaired) electrons. The summed E-state index contributed by atoms with van der Waals surface area (Å²) in [4.78, 5) is 36.0. The van der Waals surface area contributed by atoms with Crippen molar-refractivity contribution >= 4 is 17.6 Å². The summed E-state index contributed by atoms with van der Waals surface area (Å²) in [6.45, 7) is 8.77. The first-order valence-corrected chi connectivity index (χ1v) is 10.1. The summed E-state index contributed by atoms with van der Waals surface area (Å²) in [5.41, 5.74) is 4.16. The second kappa shape index (κ2) is 8.37. The van der Waals surface area contributed by atoms with E-state index in [1.165, 1.54) is 12.2 Å². The summed E-state index contributed by atoms with van der Waals surface area (Å²) in [5, 5.41) is 12.5. The van der Waals surface area contributed by atoms with Crippen LogP contribution in [0.2, 0.25) is 0 Å². The highest BCUT2D eigenvalue weighted by Crippen LogP contribution is 2.49. The fraction of sp³-hybridized carbons (Fsp3) is 0.545. The smallest absolute Gasteiger partial charge is 0.450 e. The Morgan fingerprint density at radius 3 is 2.13 bits per heavy atom. The second-order valence-electron chi connectivity index (χ2n) is 8.01. The number of carbonyl (C=O) groups excluding carboxylic acids is 1. The van der Waals surface area contributed by atoms with Gasteiger partial charge in [0, 0.05) is 18.7 Å². The van der Waals surface area contributed by atoms with Gasteiger partial charge in [0.25, 0.3) is 5.91 Å². The summed E-state index contributed by atoms with van der Waals surface area (Å²) in [7, 11) is 3.09. The van der Waals surface area contributed by atoms with E-state index in [9.17, 15) is 14.7 Å². The molecule has 0 bridgehead atoms. The van der Waals surface area contributed by atoms with E-state index < -0.39 is 17.8 Å². The van der Waals surface area contributed by atoms with Crippen LogP contribution < -0.4 is 0 Å². The lowest BCUT2D eigenvalue weighted by molar-refractivity contribution is -0.218. The molecule has 0 aliphatic carbocycles. The van der Waals surface area contributed by atoms with Crippen LogP contribution in [-0.2, 0) is 19.2 Å². The Labute approximate surface area is 176 Å². The van der Waals surface area contributed by atoms with Gasteiger partial charge in [-0.2, -0.15) is 5.06 Å². The Morgan fingerprint density at radius 1 is 1.10 bits per heavy atom. The standard InChI is InChI=1S/C22H30N2O6/c1-13-11-14(2)17(15(3)12-13)18-19(16(4)30-21(26)27)22(24(29-6)20(18)25)7-9-23(28-5)10-8-22/h11-12,16H,7-10H2,1-6H3,(H,26,27). The lowest BCUT2D eigenvalue weighted by Gasteiger charge is -2.45. The second-order valence-corrected chi connectivity index (χ2v) is 8.01. The minimum atomic E-state index is -1.38. The number of aryl methyl sites for hydroxylation is 3. The first kappa shape index (κ1) is 22.3. The van der Waals surface area contributed by atoms with Gasteiger partial charge in [0.05, 0.1) is 25.3 Å². The quantitative estimate of drug-likeness (QED) is 0.734. The number of benzene rings is 1. The van der Waals surface area contributed by atoms with Crippen LogP contribution in [0.25, 0.3) is 5.57 Å². The lowest BCUT2D eigenvalue weighted by atomic mass is 9.77. The van der Waals surface area contributed by atoms with Gasteiger partial charge >= 0.3 is 6.16 Å². The number of hydrogen-bond acceptors (Lipinski definition) is 6. The third-order valence-electron chi connectivity index (χ3n) is 6.16. The zero-order chi connectivity index (χ0) is 22.2. The number of hydroxylamine groups is 4. The van der Waals surface area contributed by atoms with Crippen LogP contribution in [0.5, 0.6) is 0 Å². The van der Waals surface area contributed by atoms with Gasteiger partial charge in [0.2, 0.25) is 0 Å². The molecular formula is C22H30N2O6. The van der Waals surface area contributed by atoms with Crippen molar-refractivity contribution in [2.45, 2.75) is 52.2 Å². The number of amides is 1. The molecule has 3 rings (SSSR count). The fourth-order valence-corrected chi connectivity index (χ4v) is 5.13. The average molecular weight is 418 g/mol. The van der Waals surface area contributed by atoms with Gasteiger partial charge in [-0.25, -0.2) is 9.86 Å². The largest absolute Gasteiger partial charge is 0.506 e. The molecular weight excluding hydrogens is 388 g/mol. The topological polar surface area (TPSA) is 88.5 Å². The van der Waals surface area contributed by atoms with Gasteiger partial charge in [0.15, 0.2) is 0 Å². The molecule has 0 saturated carbocycles. The van der Waals surface area contributed by atoms with E-state index in [0.29, 0.717) is 37.1 Å².